The number of hydrogen-bond donors (Lipinski definition) is 5. The van der Waals surface area contributed by atoms with Gasteiger partial charge in [0, 0.05) is 121 Å². The van der Waals surface area contributed by atoms with Gasteiger partial charge in [-0.25, -0.2) is 24.4 Å². The van der Waals surface area contributed by atoms with E-state index in [1.54, 1.807) is 41.4 Å². The lowest BCUT2D eigenvalue weighted by Gasteiger charge is -2.43. The van der Waals surface area contributed by atoms with E-state index in [0.29, 0.717) is 223 Å². The Kier molecular flexibility index (Phi) is 45.0. The van der Waals surface area contributed by atoms with Crippen molar-refractivity contribution in [1.82, 2.24) is 34.6 Å². The number of aliphatic hydroxyl groups is 3. The van der Waals surface area contributed by atoms with E-state index in [0.717, 1.165) is 47.9 Å². The summed E-state index contributed by atoms with van der Waals surface area (Å²) < 4.78 is 83.8. The second kappa shape index (κ2) is 54.7. The lowest BCUT2D eigenvalue weighted by Crippen LogP contribution is -2.61. The van der Waals surface area contributed by atoms with E-state index in [-0.39, 0.29) is 79.7 Å². The van der Waals surface area contributed by atoms with Crippen LogP contribution in [0.15, 0.2) is 83.6 Å². The van der Waals surface area contributed by atoms with Gasteiger partial charge in [0.1, 0.15) is 53.6 Å². The number of nitrogen functional groups attached to an aromatic ring is 1. The number of aromatic nitrogens is 6. The number of nitrogens with two attached hydrogens (primary N) is 1. The van der Waals surface area contributed by atoms with Gasteiger partial charge in [-0.2, -0.15) is 5.10 Å². The van der Waals surface area contributed by atoms with Crippen LogP contribution in [0.3, 0.4) is 0 Å². The first-order valence-corrected chi connectivity index (χ1v) is 44.4. The fourth-order valence-corrected chi connectivity index (χ4v) is 16.5. The van der Waals surface area contributed by atoms with E-state index in [9.17, 15) is 39.3 Å². The predicted molar refractivity (Wildman–Crippen MR) is 463 cm³/mol. The molecule has 4 aromatic rings. The number of carbonyl (C=O) groups excluding carboxylic acids is 5. The van der Waals surface area contributed by atoms with Crippen molar-refractivity contribution in [2.75, 3.05) is 153 Å². The molecular weight excluding hydrogens is 1590 g/mol. The van der Waals surface area contributed by atoms with Gasteiger partial charge in [0.05, 0.1) is 141 Å². The molecule has 3 fully saturated rings. The van der Waals surface area contributed by atoms with E-state index in [4.69, 9.17) is 82.0 Å². The first-order chi connectivity index (χ1) is 59.5. The number of esters is 1. The molecule has 6 N–H and O–H groups in total. The van der Waals surface area contributed by atoms with Gasteiger partial charge in [-0.1, -0.05) is 82.7 Å². The number of rotatable bonds is 45. The van der Waals surface area contributed by atoms with E-state index < -0.39 is 78.1 Å². The summed E-state index contributed by atoms with van der Waals surface area (Å²) in [4.78, 5) is 93.1. The maximum atomic E-state index is 14.8. The highest BCUT2D eigenvalue weighted by molar-refractivity contribution is 6.39. The van der Waals surface area contributed by atoms with E-state index >= 15 is 0 Å². The molecule has 688 valence electrons. The zero-order valence-corrected chi connectivity index (χ0v) is 74.6. The SMILES string of the molecule is CO[C@H]1C[C@@H]2CC[C@@H](C)[C@@](O)(O2)C(=O)C(=O)N2CCCC[C@H]2C(=O)O[C@H]([C@H](C)C[C@@H]2CC[C@@H](O)[C@H](OC)C2)C[C@@H](OC)[C@H](C)/C=C(\C)[C@@H](O)[C@@H](OC)C(=NOCC(=O)CCCOCCOCCOCCOCCOCCOCCOCCOCCC(=O)CCCCCn2nc(-c3cnc4[nH]ccc4c3)c3c(N)ncnc32)[C@H](C)C[C@H](C)/C=C/C=C/C=C/1C. The van der Waals surface area contributed by atoms with Crippen LogP contribution in [0.25, 0.3) is 33.3 Å². The van der Waals surface area contributed by atoms with Crippen molar-refractivity contribution in [3.05, 3.63) is 78.5 Å². The fourth-order valence-electron chi connectivity index (χ4n) is 16.5. The number of aryl methyl sites for hydroxylation is 1. The molecule has 16 atom stereocenters. The molecule has 1 saturated carbocycles. The number of methoxy groups -OCH3 is 4. The molecule has 123 heavy (non-hydrogen) atoms. The van der Waals surface area contributed by atoms with Crippen molar-refractivity contribution in [3.63, 3.8) is 0 Å². The maximum Gasteiger partial charge on any atom is 0.329 e. The molecule has 4 aromatic heterocycles. The summed E-state index contributed by atoms with van der Waals surface area (Å²) in [6.45, 7) is 20.1. The number of oxime groups is 1. The number of fused-ring (bicyclic) bond motifs is 5. The minimum absolute atomic E-state index is 0.00352. The van der Waals surface area contributed by atoms with Gasteiger partial charge >= 0.3 is 5.97 Å². The molecule has 3 aliphatic heterocycles. The molecule has 4 aliphatic rings. The number of nitrogens with one attached hydrogen (secondary N) is 1. The normalized spacial score (nSPS) is 27.9. The molecule has 1 aliphatic carbocycles. The molecule has 2 saturated heterocycles. The molecule has 0 unspecified atom stereocenters. The minimum Gasteiger partial charge on any atom is -0.460 e. The Hall–Kier alpha value is -7.22. The van der Waals surface area contributed by atoms with Crippen molar-refractivity contribution in [1.29, 1.82) is 0 Å². The van der Waals surface area contributed by atoms with Crippen molar-refractivity contribution in [3.8, 4) is 11.3 Å². The highest BCUT2D eigenvalue weighted by atomic mass is 16.6. The van der Waals surface area contributed by atoms with Gasteiger partial charge in [0.25, 0.3) is 11.7 Å². The summed E-state index contributed by atoms with van der Waals surface area (Å²) in [6.07, 6.45) is 21.0. The van der Waals surface area contributed by atoms with E-state index in [1.807, 2.05) is 81.1 Å². The van der Waals surface area contributed by atoms with Gasteiger partial charge in [0.2, 0.25) is 5.79 Å². The van der Waals surface area contributed by atoms with Crippen LogP contribution in [-0.2, 0) is 102 Å². The smallest absolute Gasteiger partial charge is 0.329 e. The predicted octanol–water partition coefficient (Wildman–Crippen LogP) is 10.4. The van der Waals surface area contributed by atoms with Crippen molar-refractivity contribution in [2.45, 2.75) is 238 Å². The quantitative estimate of drug-likeness (QED) is 0.00902. The van der Waals surface area contributed by atoms with Gasteiger partial charge in [-0.15, -0.1) is 0 Å². The Morgan fingerprint density at radius 2 is 1.35 bits per heavy atom. The van der Waals surface area contributed by atoms with Crippen LogP contribution in [-0.4, -0.2) is 293 Å². The number of Topliss-reactive ketones (excluding diaryl/α,β-unsaturated/α-hetero) is 3. The minimum atomic E-state index is -2.44. The number of nitrogens with zero attached hydrogens (tertiary/aromatic N) is 7. The summed E-state index contributed by atoms with van der Waals surface area (Å²) in [6, 6.07) is 2.86. The number of unbranched alkanes of at least 4 members (excludes halogenated alkanes) is 2. The topological polar surface area (TPSA) is 398 Å². The molecule has 0 radical (unpaired) electrons. The summed E-state index contributed by atoms with van der Waals surface area (Å²) in [5.74, 6) is -6.40. The number of piperidine rings is 1. The van der Waals surface area contributed by atoms with Gasteiger partial charge in [-0.05, 0) is 138 Å². The molecule has 8 rings (SSSR count). The highest BCUT2D eigenvalue weighted by Crippen LogP contribution is 2.39. The standard InChI is InChI=1S/C91H141N9O23/c1-61-21-14-12-15-22-62(2)76(109-8)56-73-28-26-67(7)91(108,123-73)85(105)89(106)99-33-19-17-25-74(99)90(107)122-78(64(4)53-68-27-29-75(103)79(54-68)111-10)57-77(110-9)63(3)52-66(6)83(104)84(112-11)81(65(5)51-61)98-121-59-72(102)24-20-35-113-37-39-115-41-43-117-45-47-119-49-50-120-48-46-118-44-42-116-40-38-114-36-31-71(101)23-16-13-18-34-100-88-80(86(92)95-60-96-88)82(97-100)70-55-69-30-32-93-87(69)94-58-70/h12,14-15,21-22,30,32,52,55,58,60-61,63-65,67-68,73-79,83-84,103-104,108H,13,16-20,23-29,31,33-51,53-54,56-57,59H2,1-11H3,(H,93,94)(H2,92,95,96)/b15-12+,21-14+,62-22+,66-52+,98-81?/t61-,63-,64-,65-,67-,68+,73+,74+,75-,76+,77-,78+,79-,83-,84+,91-/m1/s1. The number of H-pyrrole nitrogens is 1. The number of hydrogen-bond acceptors (Lipinski definition) is 29. The largest absolute Gasteiger partial charge is 0.460 e. The van der Waals surface area contributed by atoms with Crippen molar-refractivity contribution in [2.24, 2.45) is 40.7 Å². The van der Waals surface area contributed by atoms with Gasteiger partial charge < -0.3 is 102 Å². The number of amides is 1. The summed E-state index contributed by atoms with van der Waals surface area (Å²) in [7, 11) is 6.26. The third-order valence-electron chi connectivity index (χ3n) is 23.8. The van der Waals surface area contributed by atoms with E-state index in [2.05, 4.69) is 38.1 Å². The molecule has 7 heterocycles. The van der Waals surface area contributed by atoms with Gasteiger partial charge in [0.15, 0.2) is 18.0 Å². The lowest BCUT2D eigenvalue weighted by atomic mass is 9.78. The van der Waals surface area contributed by atoms with Crippen LogP contribution >= 0.6 is 0 Å². The Balaban J connectivity index is 0.697. The zero-order valence-electron chi connectivity index (χ0n) is 74.6. The monoisotopic (exact) mass is 1730 g/mol. The summed E-state index contributed by atoms with van der Waals surface area (Å²) >= 11 is 0. The Labute approximate surface area is 725 Å². The Morgan fingerprint density at radius 3 is 2.01 bits per heavy atom. The molecule has 2 bridgehead atoms. The molecule has 0 spiro atoms. The van der Waals surface area contributed by atoms with Crippen LogP contribution < -0.4 is 5.73 Å². The second-order valence-corrected chi connectivity index (χ2v) is 33.2. The molecule has 0 aromatic carbocycles. The number of carbonyl (C=O) groups is 5. The Morgan fingerprint density at radius 1 is 0.691 bits per heavy atom. The molecule has 32 heteroatoms. The van der Waals surface area contributed by atoms with Crippen LogP contribution in [0.5, 0.6) is 0 Å². The number of ketones is 3. The second-order valence-electron chi connectivity index (χ2n) is 33.2. The zero-order chi connectivity index (χ0) is 88.5. The summed E-state index contributed by atoms with van der Waals surface area (Å²) in [5.41, 5.74) is 11.1. The highest BCUT2D eigenvalue weighted by Gasteiger charge is 2.53. The third kappa shape index (κ3) is 32.6. The van der Waals surface area contributed by atoms with Crippen LogP contribution in [0, 0.1) is 35.5 Å². The maximum absolute atomic E-state index is 14.8. The average molecular weight is 1730 g/mol. The first-order valence-electron chi connectivity index (χ1n) is 44.4. The molecule has 1 amide bonds. The van der Waals surface area contributed by atoms with Crippen LogP contribution in [0.2, 0.25) is 0 Å². The van der Waals surface area contributed by atoms with E-state index in [1.165, 1.54) is 18.3 Å². The number of cyclic esters (lactones) is 1. The number of allylic oxidation sites excluding steroid dienone is 5. The van der Waals surface area contributed by atoms with Gasteiger partial charge in [-0.3, -0.25) is 19.2 Å². The lowest BCUT2D eigenvalue weighted by molar-refractivity contribution is -0.265. The summed E-state index contributed by atoms with van der Waals surface area (Å²) in [5, 5.41) is 46.4. The van der Waals surface area contributed by atoms with Crippen molar-refractivity contribution >= 4 is 62.8 Å². The number of pyridine rings is 1. The number of ether oxygens (including phenoxy) is 14. The van der Waals surface area contributed by atoms with Crippen LogP contribution in [0.1, 0.15) is 170 Å². The number of aromatic amines is 1. The number of anilines is 1. The fraction of sp³-hybridized carbons (Fsp3) is 0.714. The first kappa shape index (κ1) is 101. The third-order valence-corrected chi connectivity index (χ3v) is 23.8. The number of aliphatic hydroxyl groups excluding tert-OH is 2. The average Bonchev–Trinajstić information content (AvgIpc) is 1.71. The van der Waals surface area contributed by atoms with Crippen molar-refractivity contribution < 1.29 is 110 Å². The Bertz CT molecular complexity index is 3980. The molecule has 32 nitrogen and oxygen atoms in total. The van der Waals surface area contributed by atoms with Crippen LogP contribution in [0.4, 0.5) is 5.82 Å². The molecular formula is C91H141N9O23.